The van der Waals surface area contributed by atoms with Gasteiger partial charge in [-0.05, 0) is 13.8 Å². The Kier molecular flexibility index (Phi) is 4.81. The minimum atomic E-state index is -0.956. The summed E-state index contributed by atoms with van der Waals surface area (Å²) in [5.74, 6) is 0. The van der Waals surface area contributed by atoms with Crippen LogP contribution in [0.25, 0.3) is 0 Å². The molecule has 0 radical (unpaired) electrons. The first kappa shape index (κ1) is 9.34. The molecule has 0 aromatic heterocycles. The van der Waals surface area contributed by atoms with E-state index in [1.165, 1.54) is 19.1 Å². The van der Waals surface area contributed by atoms with Crippen LogP contribution in [0.3, 0.4) is 0 Å². The standard InChI is InChI=1S/C8H12F2/c1-7(5-6-9)3-4-8(2)10/h3-5,8H,6H2,1-2H3/b4-3-,7-5-. The smallest absolute Gasteiger partial charge is 0.116 e. The number of allylic oxidation sites excluding steroid dienone is 4. The van der Waals surface area contributed by atoms with Gasteiger partial charge >= 0.3 is 0 Å². The van der Waals surface area contributed by atoms with Crippen LogP contribution in [0.4, 0.5) is 8.78 Å². The predicted octanol–water partition coefficient (Wildman–Crippen LogP) is 2.82. The lowest BCUT2D eigenvalue weighted by Gasteiger charge is -1.90. The van der Waals surface area contributed by atoms with E-state index < -0.39 is 12.8 Å². The van der Waals surface area contributed by atoms with Crippen LogP contribution in [-0.2, 0) is 0 Å². The van der Waals surface area contributed by atoms with Gasteiger partial charge in [-0.2, -0.15) is 0 Å². The Bertz CT molecular complexity index is 134. The van der Waals surface area contributed by atoms with Crippen molar-refractivity contribution in [2.75, 3.05) is 6.67 Å². The molecule has 0 aromatic carbocycles. The SMILES string of the molecule is CC(/C=C\C(C)F)=C/CF. The van der Waals surface area contributed by atoms with Crippen molar-refractivity contribution in [2.24, 2.45) is 0 Å². The van der Waals surface area contributed by atoms with Gasteiger partial charge in [-0.1, -0.05) is 23.8 Å². The second kappa shape index (κ2) is 5.15. The summed E-state index contributed by atoms with van der Waals surface area (Å²) in [6.45, 7) is 2.68. The van der Waals surface area contributed by atoms with Gasteiger partial charge in [-0.3, -0.25) is 0 Å². The molecular formula is C8H12F2. The summed E-state index contributed by atoms with van der Waals surface area (Å²) < 4.78 is 23.7. The fourth-order valence-electron chi connectivity index (χ4n) is 0.474. The average molecular weight is 146 g/mol. The van der Waals surface area contributed by atoms with Gasteiger partial charge in [0.1, 0.15) is 12.8 Å². The first-order valence-corrected chi connectivity index (χ1v) is 3.22. The van der Waals surface area contributed by atoms with Crippen LogP contribution in [0.1, 0.15) is 13.8 Å². The van der Waals surface area contributed by atoms with Crippen LogP contribution >= 0.6 is 0 Å². The van der Waals surface area contributed by atoms with Crippen LogP contribution < -0.4 is 0 Å². The maximum absolute atomic E-state index is 12.1. The summed E-state index contributed by atoms with van der Waals surface area (Å²) in [5, 5.41) is 0. The van der Waals surface area contributed by atoms with Gasteiger partial charge in [0.15, 0.2) is 0 Å². The van der Waals surface area contributed by atoms with Crippen molar-refractivity contribution < 1.29 is 8.78 Å². The van der Waals surface area contributed by atoms with E-state index in [0.29, 0.717) is 0 Å². The molecule has 1 atom stereocenters. The van der Waals surface area contributed by atoms with Gasteiger partial charge < -0.3 is 0 Å². The topological polar surface area (TPSA) is 0 Å². The van der Waals surface area contributed by atoms with Crippen molar-refractivity contribution in [3.8, 4) is 0 Å². The molecule has 0 heterocycles. The monoisotopic (exact) mass is 146 g/mol. The van der Waals surface area contributed by atoms with Gasteiger partial charge in [-0.25, -0.2) is 8.78 Å². The van der Waals surface area contributed by atoms with E-state index in [-0.39, 0.29) is 0 Å². The Morgan fingerprint density at radius 1 is 1.60 bits per heavy atom. The zero-order valence-electron chi connectivity index (χ0n) is 6.27. The molecule has 0 aliphatic heterocycles. The Hall–Kier alpha value is -0.660. The van der Waals surface area contributed by atoms with Crippen molar-refractivity contribution in [1.29, 1.82) is 0 Å². The van der Waals surface area contributed by atoms with Crippen LogP contribution in [0, 0.1) is 0 Å². The third-order valence-corrected chi connectivity index (χ3v) is 1.02. The lowest BCUT2D eigenvalue weighted by Crippen LogP contribution is -1.83. The van der Waals surface area contributed by atoms with E-state index in [4.69, 9.17) is 0 Å². The number of hydrogen-bond donors (Lipinski definition) is 0. The molecular weight excluding hydrogens is 134 g/mol. The quantitative estimate of drug-likeness (QED) is 0.537. The number of rotatable bonds is 3. The molecule has 10 heavy (non-hydrogen) atoms. The zero-order chi connectivity index (χ0) is 7.98. The van der Waals surface area contributed by atoms with E-state index in [1.54, 1.807) is 13.0 Å². The second-order valence-electron chi connectivity index (χ2n) is 2.14. The fourth-order valence-corrected chi connectivity index (χ4v) is 0.474. The summed E-state index contributed by atoms with van der Waals surface area (Å²) in [6.07, 6.45) is 3.41. The highest BCUT2D eigenvalue weighted by molar-refractivity contribution is 5.16. The van der Waals surface area contributed by atoms with Crippen molar-refractivity contribution in [2.45, 2.75) is 20.0 Å². The van der Waals surface area contributed by atoms with E-state index >= 15 is 0 Å². The molecule has 0 nitrogen and oxygen atoms in total. The number of alkyl halides is 2. The first-order valence-electron chi connectivity index (χ1n) is 3.22. The fraction of sp³-hybridized carbons (Fsp3) is 0.500. The maximum atomic E-state index is 12.1. The maximum Gasteiger partial charge on any atom is 0.116 e. The molecule has 0 saturated carbocycles. The lowest BCUT2D eigenvalue weighted by atomic mass is 10.2. The highest BCUT2D eigenvalue weighted by Crippen LogP contribution is 1.98. The van der Waals surface area contributed by atoms with Crippen LogP contribution in [0.2, 0.25) is 0 Å². The lowest BCUT2D eigenvalue weighted by molar-refractivity contribution is 0.430. The van der Waals surface area contributed by atoms with Gasteiger partial charge in [-0.15, -0.1) is 0 Å². The molecule has 58 valence electrons. The van der Waals surface area contributed by atoms with E-state index in [2.05, 4.69) is 0 Å². The first-order chi connectivity index (χ1) is 4.66. The van der Waals surface area contributed by atoms with Gasteiger partial charge in [0.05, 0.1) is 0 Å². The molecule has 0 amide bonds. The molecule has 0 fully saturated rings. The Morgan fingerprint density at radius 3 is 2.60 bits per heavy atom. The normalized spacial score (nSPS) is 16.2. The zero-order valence-corrected chi connectivity index (χ0v) is 6.27. The molecule has 0 rings (SSSR count). The molecule has 0 bridgehead atoms. The minimum absolute atomic E-state index is 0.489. The Morgan fingerprint density at radius 2 is 2.20 bits per heavy atom. The Labute approximate surface area is 60.2 Å². The van der Waals surface area contributed by atoms with Crippen LogP contribution in [-0.4, -0.2) is 12.8 Å². The highest BCUT2D eigenvalue weighted by Gasteiger charge is 1.87. The molecule has 0 aliphatic rings. The molecule has 0 spiro atoms. The van der Waals surface area contributed by atoms with E-state index in [1.807, 2.05) is 0 Å². The van der Waals surface area contributed by atoms with Crippen molar-refractivity contribution in [3.05, 3.63) is 23.8 Å². The van der Waals surface area contributed by atoms with Crippen LogP contribution in [0.15, 0.2) is 23.8 Å². The average Bonchev–Trinajstić information content (AvgIpc) is 1.85. The van der Waals surface area contributed by atoms with Crippen molar-refractivity contribution >= 4 is 0 Å². The summed E-state index contributed by atoms with van der Waals surface area (Å²) in [5.41, 5.74) is 0.756. The van der Waals surface area contributed by atoms with Crippen molar-refractivity contribution in [3.63, 3.8) is 0 Å². The van der Waals surface area contributed by atoms with E-state index in [0.717, 1.165) is 5.57 Å². The van der Waals surface area contributed by atoms with Gasteiger partial charge in [0, 0.05) is 0 Å². The molecule has 0 aliphatic carbocycles. The van der Waals surface area contributed by atoms with Crippen molar-refractivity contribution in [1.82, 2.24) is 0 Å². The summed E-state index contributed by atoms with van der Waals surface area (Å²) in [6, 6.07) is 0. The number of halogens is 2. The molecule has 2 heteroatoms. The van der Waals surface area contributed by atoms with Gasteiger partial charge in [0.25, 0.3) is 0 Å². The minimum Gasteiger partial charge on any atom is -0.247 e. The molecule has 1 unspecified atom stereocenters. The van der Waals surface area contributed by atoms with Crippen LogP contribution in [0.5, 0.6) is 0 Å². The second-order valence-corrected chi connectivity index (χ2v) is 2.14. The highest BCUT2D eigenvalue weighted by atomic mass is 19.1. The largest absolute Gasteiger partial charge is 0.247 e. The third kappa shape index (κ3) is 5.48. The third-order valence-electron chi connectivity index (χ3n) is 1.02. The number of hydrogen-bond acceptors (Lipinski definition) is 0. The molecule has 0 saturated heterocycles. The summed E-state index contributed by atoms with van der Waals surface area (Å²) in [7, 11) is 0. The summed E-state index contributed by atoms with van der Waals surface area (Å²) >= 11 is 0. The molecule has 0 aromatic rings. The van der Waals surface area contributed by atoms with E-state index in [9.17, 15) is 8.78 Å². The summed E-state index contributed by atoms with van der Waals surface area (Å²) in [4.78, 5) is 0. The Balaban J connectivity index is 3.77. The predicted molar refractivity (Wildman–Crippen MR) is 39.4 cm³/mol. The molecule has 0 N–H and O–H groups in total. The van der Waals surface area contributed by atoms with Gasteiger partial charge in [0.2, 0.25) is 0 Å².